The van der Waals surface area contributed by atoms with Gasteiger partial charge in [-0.25, -0.2) is 9.59 Å². The number of benzene rings is 2. The summed E-state index contributed by atoms with van der Waals surface area (Å²) in [6.45, 7) is 6.13. The second-order valence-corrected chi connectivity index (χ2v) is 12.6. The summed E-state index contributed by atoms with van der Waals surface area (Å²) in [5.74, 6) is -1.19. The van der Waals surface area contributed by atoms with E-state index in [1.807, 2.05) is 42.5 Å². The van der Waals surface area contributed by atoms with Crippen molar-refractivity contribution in [2.45, 2.75) is 64.5 Å². The molecule has 2 aromatic heterocycles. The van der Waals surface area contributed by atoms with Crippen LogP contribution in [0.15, 0.2) is 54.6 Å². The Morgan fingerprint density at radius 2 is 1.80 bits per heavy atom. The van der Waals surface area contributed by atoms with E-state index in [1.165, 1.54) is 24.0 Å². The van der Waals surface area contributed by atoms with Crippen molar-refractivity contribution < 1.29 is 23.9 Å². The molecule has 2 atom stereocenters. The molecule has 6 rings (SSSR count). The van der Waals surface area contributed by atoms with E-state index in [4.69, 9.17) is 14.5 Å². The molecular weight excluding hydrogens is 574 g/mol. The highest BCUT2D eigenvalue weighted by Gasteiger charge is 2.33. The fraction of sp³-hybridized carbons (Fsp3) is 0.371. The van der Waals surface area contributed by atoms with Crippen molar-refractivity contribution in [2.24, 2.45) is 0 Å². The fourth-order valence-corrected chi connectivity index (χ4v) is 7.79. The topological polar surface area (TPSA) is 97.8 Å². The maximum Gasteiger partial charge on any atom is 0.341 e. The molecule has 0 fully saturated rings. The Morgan fingerprint density at radius 3 is 2.57 bits per heavy atom. The number of ether oxygens (including phenoxy) is 2. The zero-order valence-corrected chi connectivity index (χ0v) is 26.2. The average molecular weight is 612 g/mol. The smallest absolute Gasteiger partial charge is 0.341 e. The van der Waals surface area contributed by atoms with Crippen LogP contribution in [-0.2, 0) is 40.1 Å². The van der Waals surface area contributed by atoms with Gasteiger partial charge in [-0.1, -0.05) is 55.5 Å². The minimum Gasteiger partial charge on any atom is -0.465 e. The molecule has 1 amide bonds. The molecule has 1 N–H and O–H groups in total. The molecule has 0 radical (unpaired) electrons. The Labute approximate surface area is 261 Å². The number of fused-ring (bicyclic) bond motifs is 3. The van der Waals surface area contributed by atoms with E-state index in [9.17, 15) is 14.4 Å². The number of carbonyl (C=O) groups is 3. The van der Waals surface area contributed by atoms with Crippen LogP contribution in [0.5, 0.6) is 0 Å². The maximum absolute atomic E-state index is 13.8. The molecule has 0 spiro atoms. The van der Waals surface area contributed by atoms with E-state index in [-0.39, 0.29) is 0 Å². The number of hydrogen-bond acceptors (Lipinski definition) is 8. The summed E-state index contributed by atoms with van der Waals surface area (Å²) in [5, 5.41) is 4.05. The number of carbonyl (C=O) groups excluding carboxylic acids is 3. The normalized spacial score (nSPS) is 16.9. The van der Waals surface area contributed by atoms with Crippen molar-refractivity contribution in [1.29, 1.82) is 0 Å². The predicted molar refractivity (Wildman–Crippen MR) is 171 cm³/mol. The summed E-state index contributed by atoms with van der Waals surface area (Å²) in [6, 6.07) is 17.9. The third-order valence-electron chi connectivity index (χ3n) is 8.68. The van der Waals surface area contributed by atoms with Gasteiger partial charge in [-0.15, -0.1) is 11.3 Å². The van der Waals surface area contributed by atoms with Gasteiger partial charge in [-0.05, 0) is 62.3 Å². The number of rotatable bonds is 8. The van der Waals surface area contributed by atoms with Gasteiger partial charge in [0.1, 0.15) is 5.00 Å². The summed E-state index contributed by atoms with van der Waals surface area (Å²) in [5.41, 5.74) is 5.57. The molecule has 228 valence electrons. The number of pyridine rings is 1. The van der Waals surface area contributed by atoms with Crippen LogP contribution in [0.1, 0.15) is 80.6 Å². The number of methoxy groups -OCH3 is 1. The highest BCUT2D eigenvalue weighted by Crippen LogP contribution is 2.43. The van der Waals surface area contributed by atoms with Crippen LogP contribution in [0.3, 0.4) is 0 Å². The molecule has 2 unspecified atom stereocenters. The van der Waals surface area contributed by atoms with Crippen LogP contribution >= 0.6 is 11.3 Å². The average Bonchev–Trinajstić information content (AvgIpc) is 3.40. The number of amides is 1. The summed E-state index contributed by atoms with van der Waals surface area (Å²) in [7, 11) is 1.35. The van der Waals surface area contributed by atoms with Crippen molar-refractivity contribution in [2.75, 3.05) is 25.5 Å². The van der Waals surface area contributed by atoms with E-state index in [0.29, 0.717) is 40.4 Å². The van der Waals surface area contributed by atoms with Gasteiger partial charge in [0.25, 0.3) is 5.91 Å². The Morgan fingerprint density at radius 1 is 1.02 bits per heavy atom. The fourth-order valence-electron chi connectivity index (χ4n) is 6.47. The Balaban J connectivity index is 1.24. The van der Waals surface area contributed by atoms with Crippen molar-refractivity contribution in [3.8, 4) is 0 Å². The number of nitrogens with zero attached hydrogens (tertiary/aromatic N) is 2. The van der Waals surface area contributed by atoms with Crippen molar-refractivity contribution in [3.63, 3.8) is 0 Å². The van der Waals surface area contributed by atoms with Gasteiger partial charge in [-0.2, -0.15) is 0 Å². The lowest BCUT2D eigenvalue weighted by Crippen LogP contribution is -2.34. The molecule has 2 aliphatic rings. The van der Waals surface area contributed by atoms with Crippen LogP contribution in [-0.4, -0.2) is 54.0 Å². The van der Waals surface area contributed by atoms with Crippen LogP contribution in [0.4, 0.5) is 5.00 Å². The van der Waals surface area contributed by atoms with Crippen molar-refractivity contribution in [3.05, 3.63) is 93.0 Å². The minimum absolute atomic E-state index is 0.339. The first-order chi connectivity index (χ1) is 21.4. The molecule has 0 bridgehead atoms. The quantitative estimate of drug-likeness (QED) is 0.233. The zero-order chi connectivity index (χ0) is 30.8. The lowest BCUT2D eigenvalue weighted by Gasteiger charge is -2.29. The summed E-state index contributed by atoms with van der Waals surface area (Å²) in [4.78, 5) is 48.4. The summed E-state index contributed by atoms with van der Waals surface area (Å²) >= 11 is 1.40. The predicted octanol–water partition coefficient (Wildman–Crippen LogP) is 6.31. The van der Waals surface area contributed by atoms with Crippen LogP contribution in [0.25, 0.3) is 10.9 Å². The van der Waals surface area contributed by atoms with E-state index < -0.39 is 23.9 Å². The lowest BCUT2D eigenvalue weighted by molar-refractivity contribution is -0.123. The van der Waals surface area contributed by atoms with Crippen molar-refractivity contribution in [1.82, 2.24) is 9.88 Å². The molecule has 2 aromatic carbocycles. The van der Waals surface area contributed by atoms with Gasteiger partial charge in [0, 0.05) is 41.0 Å². The molecular formula is C35H37N3O5S. The van der Waals surface area contributed by atoms with Crippen LogP contribution < -0.4 is 5.32 Å². The first-order valence-corrected chi connectivity index (χ1v) is 16.1. The third-order valence-corrected chi connectivity index (χ3v) is 9.85. The number of esters is 2. The van der Waals surface area contributed by atoms with Gasteiger partial charge in [0.15, 0.2) is 6.10 Å². The van der Waals surface area contributed by atoms with Crippen LogP contribution in [0.2, 0.25) is 0 Å². The first kappa shape index (κ1) is 30.0. The van der Waals surface area contributed by atoms with Crippen LogP contribution in [0, 0.1) is 0 Å². The van der Waals surface area contributed by atoms with E-state index in [0.717, 1.165) is 66.0 Å². The molecule has 3 heterocycles. The third kappa shape index (κ3) is 5.86. The highest BCUT2D eigenvalue weighted by atomic mass is 32.1. The van der Waals surface area contributed by atoms with E-state index in [1.54, 1.807) is 6.92 Å². The minimum atomic E-state index is -1.10. The molecule has 4 aromatic rings. The lowest BCUT2D eigenvalue weighted by atomic mass is 9.83. The molecule has 0 saturated carbocycles. The molecule has 1 aliphatic heterocycles. The number of para-hydroxylation sites is 1. The van der Waals surface area contributed by atoms with Gasteiger partial charge < -0.3 is 14.8 Å². The van der Waals surface area contributed by atoms with Gasteiger partial charge in [0.05, 0.1) is 23.8 Å². The van der Waals surface area contributed by atoms with Crippen molar-refractivity contribution >= 4 is 45.1 Å². The molecule has 0 saturated heterocycles. The number of aromatic nitrogens is 1. The van der Waals surface area contributed by atoms with E-state index >= 15 is 0 Å². The van der Waals surface area contributed by atoms with E-state index in [2.05, 4.69) is 29.3 Å². The molecule has 44 heavy (non-hydrogen) atoms. The maximum atomic E-state index is 13.8. The van der Waals surface area contributed by atoms with Gasteiger partial charge >= 0.3 is 11.9 Å². The molecule has 9 heteroatoms. The second kappa shape index (κ2) is 12.9. The second-order valence-electron chi connectivity index (χ2n) is 11.5. The Kier molecular flexibility index (Phi) is 8.77. The number of anilines is 1. The zero-order valence-electron chi connectivity index (χ0n) is 25.4. The SMILES string of the molecule is CCCN1CCc2nc3ccccc3c(C(=O)OC(C)C(=O)Nc3sc4c(c3C(=O)OC)CCC(c3ccccc3)C4)c2C1. The molecule has 8 nitrogen and oxygen atoms in total. The first-order valence-electron chi connectivity index (χ1n) is 15.3. The van der Waals surface area contributed by atoms with Gasteiger partial charge in [0.2, 0.25) is 0 Å². The number of hydrogen-bond donors (Lipinski definition) is 1. The summed E-state index contributed by atoms with van der Waals surface area (Å²) < 4.78 is 11.0. The monoisotopic (exact) mass is 611 g/mol. The largest absolute Gasteiger partial charge is 0.465 e. The highest BCUT2D eigenvalue weighted by molar-refractivity contribution is 7.17. The number of thiophene rings is 1. The summed E-state index contributed by atoms with van der Waals surface area (Å²) in [6.07, 6.45) is 3.07. The standard InChI is InChI=1S/C35H37N3O5S/c1-4-17-38-18-16-28-26(20-38)30(24-12-8-9-13-27(24)36-28)35(41)43-21(2)32(39)37-33-31(34(40)42-3)25-15-14-23(19-29(25)44-33)22-10-6-5-7-11-22/h5-13,21,23H,4,14-20H2,1-3H3,(H,37,39). The Hall–Kier alpha value is -4.08. The Bertz CT molecular complexity index is 1720. The molecule has 1 aliphatic carbocycles. The van der Waals surface area contributed by atoms with Gasteiger partial charge in [-0.3, -0.25) is 14.7 Å². The number of nitrogens with one attached hydrogen (secondary N) is 1.